The van der Waals surface area contributed by atoms with E-state index in [9.17, 15) is 4.79 Å². The number of aromatic nitrogens is 3. The fraction of sp³-hybridized carbons (Fsp3) is 0. The highest BCUT2D eigenvalue weighted by molar-refractivity contribution is 5.41. The first kappa shape index (κ1) is 6.86. The summed E-state index contributed by atoms with van der Waals surface area (Å²) in [5, 5.41) is 0. The normalized spacial score (nSPS) is 10.4. The minimum atomic E-state index is -0.268. The van der Waals surface area contributed by atoms with Crippen LogP contribution < -0.4 is 16.8 Å². The molecule has 0 bridgehead atoms. The van der Waals surface area contributed by atoms with Gasteiger partial charge in [-0.15, -0.1) is 0 Å². The van der Waals surface area contributed by atoms with Crippen LogP contribution in [0.25, 0.3) is 5.65 Å². The summed E-state index contributed by atoms with van der Waals surface area (Å²) in [6.07, 6.45) is 4.86. The molecule has 2 heterocycles. The van der Waals surface area contributed by atoms with E-state index in [1.807, 2.05) is 0 Å². The number of imidazole rings is 1. The molecule has 62 valence electrons. The van der Waals surface area contributed by atoms with Gasteiger partial charge >= 0.3 is 0 Å². The fourth-order valence-electron chi connectivity index (χ4n) is 1.02. The van der Waals surface area contributed by atoms with Crippen molar-refractivity contribution >= 4 is 11.5 Å². The zero-order chi connectivity index (χ0) is 8.55. The van der Waals surface area contributed by atoms with E-state index < -0.39 is 0 Å². The van der Waals surface area contributed by atoms with Gasteiger partial charge in [0.1, 0.15) is 5.82 Å². The lowest BCUT2D eigenvalue weighted by Crippen LogP contribution is -2.17. The van der Waals surface area contributed by atoms with Crippen LogP contribution in [-0.2, 0) is 0 Å². The van der Waals surface area contributed by atoms with Gasteiger partial charge in [0.05, 0.1) is 6.20 Å². The van der Waals surface area contributed by atoms with Crippen LogP contribution in [0.4, 0.5) is 5.82 Å². The van der Waals surface area contributed by atoms with Crippen LogP contribution in [0.3, 0.4) is 0 Å². The van der Waals surface area contributed by atoms with Crippen LogP contribution >= 0.6 is 0 Å². The number of nitrogens with one attached hydrogen (secondary N) is 2. The van der Waals surface area contributed by atoms with Gasteiger partial charge in [0.25, 0.3) is 5.56 Å². The first-order chi connectivity index (χ1) is 5.81. The number of H-pyrrole nitrogens is 1. The van der Waals surface area contributed by atoms with E-state index in [2.05, 4.69) is 15.4 Å². The first-order valence-electron chi connectivity index (χ1n) is 3.34. The monoisotopic (exact) mass is 165 g/mol. The Morgan fingerprint density at radius 2 is 2.50 bits per heavy atom. The number of nitrogens with two attached hydrogens (primary N) is 1. The van der Waals surface area contributed by atoms with Gasteiger partial charge < -0.3 is 10.4 Å². The lowest BCUT2D eigenvalue weighted by Gasteiger charge is -1.98. The molecule has 0 amide bonds. The summed E-state index contributed by atoms with van der Waals surface area (Å²) in [5.74, 6) is 5.57. The second-order valence-electron chi connectivity index (χ2n) is 2.30. The third-order valence-corrected chi connectivity index (χ3v) is 1.54. The summed E-state index contributed by atoms with van der Waals surface area (Å²) in [4.78, 5) is 17.5. The van der Waals surface area contributed by atoms with E-state index in [-0.39, 0.29) is 5.56 Å². The molecule has 12 heavy (non-hydrogen) atoms. The van der Waals surface area contributed by atoms with Crippen LogP contribution in [0.15, 0.2) is 23.4 Å². The molecular weight excluding hydrogens is 158 g/mol. The molecule has 0 aliphatic rings. The Kier molecular flexibility index (Phi) is 1.34. The van der Waals surface area contributed by atoms with Crippen molar-refractivity contribution in [3.05, 3.63) is 28.9 Å². The molecule has 6 nitrogen and oxygen atoms in total. The van der Waals surface area contributed by atoms with Crippen molar-refractivity contribution in [3.63, 3.8) is 0 Å². The van der Waals surface area contributed by atoms with Crippen molar-refractivity contribution in [1.29, 1.82) is 0 Å². The average molecular weight is 165 g/mol. The van der Waals surface area contributed by atoms with Gasteiger partial charge in [-0.25, -0.2) is 10.8 Å². The molecule has 0 saturated heterocycles. The van der Waals surface area contributed by atoms with E-state index in [1.54, 1.807) is 23.0 Å². The van der Waals surface area contributed by atoms with Crippen molar-refractivity contribution in [3.8, 4) is 0 Å². The largest absolute Gasteiger partial charge is 0.309 e. The number of hydrogen-bond acceptors (Lipinski definition) is 4. The third kappa shape index (κ3) is 0.857. The van der Waals surface area contributed by atoms with Gasteiger partial charge in [0.2, 0.25) is 5.65 Å². The van der Waals surface area contributed by atoms with Crippen LogP contribution in [0.5, 0.6) is 0 Å². The number of nitrogens with zero attached hydrogens (tertiary/aromatic N) is 2. The predicted octanol–water partition coefficient (Wildman–Crippen LogP) is -0.692. The summed E-state index contributed by atoms with van der Waals surface area (Å²) in [6, 6.07) is 0. The number of rotatable bonds is 1. The fourth-order valence-corrected chi connectivity index (χ4v) is 1.02. The number of hydrogen-bond donors (Lipinski definition) is 3. The van der Waals surface area contributed by atoms with Crippen molar-refractivity contribution in [1.82, 2.24) is 14.4 Å². The summed E-state index contributed by atoms with van der Waals surface area (Å²) < 4.78 is 1.59. The third-order valence-electron chi connectivity index (χ3n) is 1.54. The second kappa shape index (κ2) is 2.35. The number of fused-ring (bicyclic) bond motifs is 1. The molecule has 2 rings (SSSR count). The number of hydrazine groups is 1. The van der Waals surface area contributed by atoms with Crippen molar-refractivity contribution in [2.45, 2.75) is 0 Å². The molecule has 0 radical (unpaired) electrons. The number of anilines is 1. The maximum atomic E-state index is 11.2. The number of aromatic amines is 1. The molecule has 0 spiro atoms. The molecule has 0 unspecified atom stereocenters. The van der Waals surface area contributed by atoms with Crippen molar-refractivity contribution in [2.24, 2.45) is 5.84 Å². The standard InChI is InChI=1S/C6H7N5O/c7-10-4-3-11-2-1-8-5(11)6(12)9-4/h1-3,10H,7H2,(H,9,12). The van der Waals surface area contributed by atoms with E-state index in [0.717, 1.165) is 0 Å². The van der Waals surface area contributed by atoms with Gasteiger partial charge in [0, 0.05) is 12.4 Å². The zero-order valence-electron chi connectivity index (χ0n) is 6.11. The Morgan fingerprint density at radius 3 is 3.25 bits per heavy atom. The molecule has 0 fully saturated rings. The molecule has 2 aromatic rings. The van der Waals surface area contributed by atoms with E-state index in [4.69, 9.17) is 5.84 Å². The van der Waals surface area contributed by atoms with E-state index in [1.165, 1.54) is 0 Å². The van der Waals surface area contributed by atoms with Crippen LogP contribution in [0, 0.1) is 0 Å². The Hall–Kier alpha value is -1.82. The van der Waals surface area contributed by atoms with Gasteiger partial charge in [-0.3, -0.25) is 9.20 Å². The summed E-state index contributed by atoms with van der Waals surface area (Å²) in [6.45, 7) is 0. The molecule has 0 aliphatic heterocycles. The van der Waals surface area contributed by atoms with E-state index >= 15 is 0 Å². The highest BCUT2D eigenvalue weighted by Crippen LogP contribution is 1.98. The van der Waals surface area contributed by atoms with E-state index in [0.29, 0.717) is 11.5 Å². The van der Waals surface area contributed by atoms with Crippen molar-refractivity contribution < 1.29 is 0 Å². The van der Waals surface area contributed by atoms with Gasteiger partial charge in [-0.1, -0.05) is 0 Å². The Morgan fingerprint density at radius 1 is 1.67 bits per heavy atom. The van der Waals surface area contributed by atoms with Gasteiger partial charge in [0.15, 0.2) is 0 Å². The summed E-state index contributed by atoms with van der Waals surface area (Å²) >= 11 is 0. The second-order valence-corrected chi connectivity index (χ2v) is 2.30. The Bertz CT molecular complexity index is 456. The molecule has 0 saturated carbocycles. The average Bonchev–Trinajstić information content (AvgIpc) is 2.52. The molecule has 0 aliphatic carbocycles. The van der Waals surface area contributed by atoms with Gasteiger partial charge in [-0.2, -0.15) is 0 Å². The minimum Gasteiger partial charge on any atom is -0.309 e. The molecule has 0 atom stereocenters. The topological polar surface area (TPSA) is 88.2 Å². The molecule has 0 aromatic carbocycles. The SMILES string of the molecule is NNc1cn2ccnc2c(=O)[nH]1. The van der Waals surface area contributed by atoms with Gasteiger partial charge in [-0.05, 0) is 0 Å². The maximum Gasteiger partial charge on any atom is 0.293 e. The van der Waals surface area contributed by atoms with Crippen molar-refractivity contribution in [2.75, 3.05) is 5.43 Å². The van der Waals surface area contributed by atoms with Crippen LogP contribution in [0.1, 0.15) is 0 Å². The predicted molar refractivity (Wildman–Crippen MR) is 43.6 cm³/mol. The maximum absolute atomic E-state index is 11.2. The lowest BCUT2D eigenvalue weighted by molar-refractivity contribution is 1.07. The first-order valence-corrected chi connectivity index (χ1v) is 3.34. The molecular formula is C6H7N5O. The molecule has 2 aromatic heterocycles. The smallest absolute Gasteiger partial charge is 0.293 e. The Labute approximate surface area is 67.0 Å². The zero-order valence-corrected chi connectivity index (χ0v) is 6.11. The lowest BCUT2D eigenvalue weighted by atomic mass is 10.6. The molecule has 6 heteroatoms. The Balaban J connectivity index is 2.84. The highest BCUT2D eigenvalue weighted by atomic mass is 16.1. The van der Waals surface area contributed by atoms with Crippen LogP contribution in [0.2, 0.25) is 0 Å². The number of nitrogen functional groups attached to an aromatic ring is 1. The minimum absolute atomic E-state index is 0.268. The summed E-state index contributed by atoms with van der Waals surface area (Å²) in [5.41, 5.74) is 2.43. The van der Waals surface area contributed by atoms with Crippen LogP contribution in [-0.4, -0.2) is 14.4 Å². The quantitative estimate of drug-likeness (QED) is 0.385. The summed E-state index contributed by atoms with van der Waals surface area (Å²) in [7, 11) is 0. The highest BCUT2D eigenvalue weighted by Gasteiger charge is 1.99. The molecule has 4 N–H and O–H groups in total.